The quantitative estimate of drug-likeness (QED) is 0.487. The number of anilines is 1. The molecule has 0 radical (unpaired) electrons. The van der Waals surface area contributed by atoms with Crippen molar-refractivity contribution < 1.29 is 4.92 Å². The molecule has 6 aliphatic carbocycles. The van der Waals surface area contributed by atoms with E-state index in [0.29, 0.717) is 5.69 Å². The van der Waals surface area contributed by atoms with Gasteiger partial charge in [0.2, 0.25) is 0 Å². The summed E-state index contributed by atoms with van der Waals surface area (Å²) in [5, 5.41) is 11.3. The molecule has 0 heterocycles. The van der Waals surface area contributed by atoms with E-state index in [2.05, 4.69) is 0 Å². The Bertz CT molecular complexity index is 617. The second-order valence-corrected chi connectivity index (χ2v) is 6.85. The number of hydrogen-bond donors (Lipinski definition) is 1. The minimum Gasteiger partial charge on any atom is -0.399 e. The summed E-state index contributed by atoms with van der Waals surface area (Å²) in [6.07, 6.45) is 0. The maximum Gasteiger partial charge on any atom is 0.275 e. The molecule has 0 aliphatic heterocycles. The summed E-state index contributed by atoms with van der Waals surface area (Å²) in [5.41, 5.74) is 7.70. The van der Waals surface area contributed by atoms with Gasteiger partial charge in [0.05, 0.1) is 4.92 Å². The van der Waals surface area contributed by atoms with Crippen molar-refractivity contribution in [1.29, 1.82) is 0 Å². The summed E-state index contributed by atoms with van der Waals surface area (Å²) in [5.74, 6) is 6.27. The van der Waals surface area contributed by atoms with Crippen LogP contribution in [0.25, 0.3) is 0 Å². The van der Waals surface area contributed by atoms with E-state index in [1.54, 1.807) is 6.07 Å². The number of rotatable bonds is 2. The summed E-state index contributed by atoms with van der Waals surface area (Å²) in [6.45, 7) is 0. The average molecular weight is 240 g/mol. The van der Waals surface area contributed by atoms with Gasteiger partial charge >= 0.3 is 0 Å². The van der Waals surface area contributed by atoms with Gasteiger partial charge in [0.1, 0.15) is 0 Å². The summed E-state index contributed by atoms with van der Waals surface area (Å²) in [4.78, 5) is 11.0. The molecule has 6 saturated carbocycles. The van der Waals surface area contributed by atoms with Crippen LogP contribution in [0.1, 0.15) is 5.56 Å². The molecule has 2 N–H and O–H groups in total. The lowest BCUT2D eigenvalue weighted by Crippen LogP contribution is -3.06. The van der Waals surface area contributed by atoms with E-state index in [-0.39, 0.29) is 16.0 Å². The molecular formula is C14H12N2O2. The number of hydrogen-bond acceptors (Lipinski definition) is 3. The first-order valence-electron chi connectivity index (χ1n) is 6.73. The smallest absolute Gasteiger partial charge is 0.275 e. The second-order valence-electron chi connectivity index (χ2n) is 6.85. The van der Waals surface area contributed by atoms with Crippen LogP contribution in [0.5, 0.6) is 0 Å². The van der Waals surface area contributed by atoms with Crippen molar-refractivity contribution in [2.75, 3.05) is 5.73 Å². The van der Waals surface area contributed by atoms with E-state index in [4.69, 9.17) is 5.73 Å². The van der Waals surface area contributed by atoms with E-state index >= 15 is 0 Å². The maximum atomic E-state index is 11.3. The highest BCUT2D eigenvalue weighted by atomic mass is 16.6. The molecule has 1 aromatic carbocycles. The summed E-state index contributed by atoms with van der Waals surface area (Å²) < 4.78 is 0. The van der Waals surface area contributed by atoms with Gasteiger partial charge in [-0.05, 0) is 53.6 Å². The molecule has 6 aliphatic rings. The van der Waals surface area contributed by atoms with Gasteiger partial charge < -0.3 is 5.73 Å². The predicted octanol–water partition coefficient (Wildman–Crippen LogP) is 1.80. The van der Waals surface area contributed by atoms with E-state index in [0.717, 1.165) is 47.0 Å². The number of benzene rings is 1. The van der Waals surface area contributed by atoms with Gasteiger partial charge in [-0.15, -0.1) is 0 Å². The van der Waals surface area contributed by atoms with Crippen molar-refractivity contribution in [1.82, 2.24) is 0 Å². The largest absolute Gasteiger partial charge is 0.399 e. The molecule has 18 heavy (non-hydrogen) atoms. The maximum absolute atomic E-state index is 11.3. The molecule has 0 spiro atoms. The lowest BCUT2D eigenvalue weighted by molar-refractivity contribution is -0.582. The minimum absolute atomic E-state index is 0.227. The molecule has 7 rings (SSSR count). The Morgan fingerprint density at radius 1 is 1.11 bits per heavy atom. The molecule has 90 valence electrons. The van der Waals surface area contributed by atoms with Gasteiger partial charge in [-0.1, -0.05) is 0 Å². The molecule has 0 saturated heterocycles. The van der Waals surface area contributed by atoms with Crippen LogP contribution in [0.3, 0.4) is 0 Å². The fraction of sp³-hybridized carbons (Fsp3) is 0.571. The number of nitro benzene ring substituents is 1. The minimum atomic E-state index is -0.243. The van der Waals surface area contributed by atoms with Gasteiger partial charge in [-0.3, -0.25) is 10.1 Å². The van der Waals surface area contributed by atoms with E-state index in [9.17, 15) is 10.1 Å². The van der Waals surface area contributed by atoms with E-state index < -0.39 is 0 Å². The Morgan fingerprint density at radius 2 is 1.72 bits per heavy atom. The highest BCUT2D eigenvalue weighted by molar-refractivity contribution is 5.66. The zero-order chi connectivity index (χ0) is 12.0. The van der Waals surface area contributed by atoms with Crippen LogP contribution in [0.15, 0.2) is 18.2 Å². The molecular weight excluding hydrogens is 228 g/mol. The fourth-order valence-corrected chi connectivity index (χ4v) is 7.04. The van der Waals surface area contributed by atoms with Gasteiger partial charge in [0.15, 0.2) is 0 Å². The van der Waals surface area contributed by atoms with Crippen LogP contribution in [0.4, 0.5) is 11.4 Å². The lowest BCUT2D eigenvalue weighted by Gasteiger charge is -3.07. The Morgan fingerprint density at radius 3 is 2.28 bits per heavy atom. The van der Waals surface area contributed by atoms with Gasteiger partial charge in [-0.2, -0.15) is 0 Å². The molecule has 0 unspecified atom stereocenters. The molecule has 4 nitrogen and oxygen atoms in total. The van der Waals surface area contributed by atoms with E-state index in [1.165, 1.54) is 0 Å². The highest BCUT2D eigenvalue weighted by Gasteiger charge is 3.04. The van der Waals surface area contributed by atoms with Crippen LogP contribution in [-0.4, -0.2) is 4.92 Å². The van der Waals surface area contributed by atoms with Gasteiger partial charge in [0, 0.05) is 22.7 Å². The predicted molar refractivity (Wildman–Crippen MR) is 63.6 cm³/mol. The van der Waals surface area contributed by atoms with Crippen molar-refractivity contribution in [2.45, 2.75) is 5.41 Å². The first-order chi connectivity index (χ1) is 8.69. The standard InChI is InChI=1S/C14H12N2O2/c15-4-1-2-5(6(3-4)16(17)18)14-11-8-7-9(11)13(14)10(7)12(8)14/h1-3,7-13H,15H2. The average Bonchev–Trinajstić information content (AvgIpc) is 2.39. The first kappa shape index (κ1) is 8.51. The number of nitrogens with two attached hydrogens (primary N) is 1. The van der Waals surface area contributed by atoms with Crippen LogP contribution in [0.2, 0.25) is 0 Å². The second kappa shape index (κ2) is 1.96. The van der Waals surface area contributed by atoms with Crippen molar-refractivity contribution in [3.63, 3.8) is 0 Å². The van der Waals surface area contributed by atoms with Crippen LogP contribution < -0.4 is 5.73 Å². The Hall–Kier alpha value is -1.58. The first-order valence-corrected chi connectivity index (χ1v) is 6.73. The van der Waals surface area contributed by atoms with Crippen molar-refractivity contribution in [3.05, 3.63) is 33.9 Å². The Labute approximate surface area is 103 Å². The SMILES string of the molecule is Nc1ccc(C23C4C5C6C4C2C6C53)c([N+](=O)[O-])c1. The van der Waals surface area contributed by atoms with Gasteiger partial charge in [-0.25, -0.2) is 0 Å². The topological polar surface area (TPSA) is 69.2 Å². The highest BCUT2D eigenvalue weighted by Crippen LogP contribution is 3.05. The fourth-order valence-electron chi connectivity index (χ4n) is 7.04. The summed E-state index contributed by atoms with van der Waals surface area (Å²) in [6, 6.07) is 5.33. The molecule has 1 aromatic rings. The van der Waals surface area contributed by atoms with Crippen LogP contribution >= 0.6 is 0 Å². The summed E-state index contributed by atoms with van der Waals surface area (Å²) >= 11 is 0. The third-order valence-corrected chi connectivity index (χ3v) is 7.16. The van der Waals surface area contributed by atoms with Crippen molar-refractivity contribution >= 4 is 11.4 Å². The summed E-state index contributed by atoms with van der Waals surface area (Å²) in [7, 11) is 0. The third-order valence-electron chi connectivity index (χ3n) is 7.16. The number of nitrogen functional groups attached to an aromatic ring is 1. The third kappa shape index (κ3) is 0.457. The molecule has 4 heteroatoms. The molecule has 0 aromatic heterocycles. The van der Waals surface area contributed by atoms with Gasteiger partial charge in [0.25, 0.3) is 5.69 Å². The van der Waals surface area contributed by atoms with E-state index in [1.807, 2.05) is 12.1 Å². The number of nitro groups is 1. The van der Waals surface area contributed by atoms with Crippen molar-refractivity contribution in [3.8, 4) is 0 Å². The normalized spacial score (nSPS) is 58.3. The van der Waals surface area contributed by atoms with Crippen LogP contribution in [0, 0.1) is 51.5 Å². The molecule has 0 bridgehead atoms. The monoisotopic (exact) mass is 240 g/mol. The lowest BCUT2D eigenvalue weighted by atomic mass is 8.96. The van der Waals surface area contributed by atoms with Crippen molar-refractivity contribution in [2.24, 2.45) is 41.4 Å². The number of nitrogens with zero attached hydrogens (tertiary/aromatic N) is 1. The Kier molecular flexibility index (Phi) is 0.928. The zero-order valence-corrected chi connectivity index (χ0v) is 9.61. The molecule has 0 atom stereocenters. The zero-order valence-electron chi connectivity index (χ0n) is 9.61. The molecule has 0 amide bonds. The Balaban J connectivity index is 1.57. The molecule has 6 fully saturated rings. The van der Waals surface area contributed by atoms with Crippen LogP contribution in [-0.2, 0) is 5.41 Å².